The van der Waals surface area contributed by atoms with Gasteiger partial charge in [0, 0.05) is 0 Å². The molecule has 1 aromatic rings. The number of hydrogen-bond acceptors (Lipinski definition) is 2. The molecule has 1 aromatic carbocycles. The summed E-state index contributed by atoms with van der Waals surface area (Å²) in [5.41, 5.74) is 2.11. The summed E-state index contributed by atoms with van der Waals surface area (Å²) in [6, 6.07) is 10.2. The van der Waals surface area contributed by atoms with E-state index in [1.165, 1.54) is 24.8 Å². The molecule has 0 unspecified atom stereocenters. The normalized spacial score (nSPS) is 21.7. The van der Waals surface area contributed by atoms with Crippen LogP contribution in [0.1, 0.15) is 62.5 Å². The van der Waals surface area contributed by atoms with Gasteiger partial charge in [0.15, 0.2) is 0 Å². The average molecular weight is 309 g/mol. The highest BCUT2D eigenvalue weighted by molar-refractivity contribution is 5.33. The van der Waals surface area contributed by atoms with Gasteiger partial charge in [-0.05, 0) is 55.7 Å². The number of allylic oxidation sites excluding steroid dienone is 3. The number of hydrogen-bond donors (Lipinski definition) is 0. The van der Waals surface area contributed by atoms with Gasteiger partial charge in [-0.2, -0.15) is 5.26 Å². The maximum absolute atomic E-state index is 8.86. The fourth-order valence-corrected chi connectivity index (χ4v) is 3.06. The molecule has 1 aliphatic rings. The second kappa shape index (κ2) is 10.0. The van der Waals surface area contributed by atoms with Crippen molar-refractivity contribution in [2.75, 3.05) is 6.61 Å². The third-order valence-electron chi connectivity index (χ3n) is 4.45. The second-order valence-corrected chi connectivity index (χ2v) is 6.19. The Balaban J connectivity index is 1.68. The molecule has 0 bridgehead atoms. The first-order chi connectivity index (χ1) is 11.3. The maximum atomic E-state index is 8.86. The molecule has 0 aliphatic heterocycles. The van der Waals surface area contributed by atoms with E-state index in [1.807, 2.05) is 12.1 Å². The van der Waals surface area contributed by atoms with Gasteiger partial charge < -0.3 is 4.74 Å². The Morgan fingerprint density at radius 1 is 1.09 bits per heavy atom. The van der Waals surface area contributed by atoms with Crippen molar-refractivity contribution in [1.29, 1.82) is 5.26 Å². The van der Waals surface area contributed by atoms with Crippen LogP contribution in [0.4, 0.5) is 0 Å². The monoisotopic (exact) mass is 309 g/mol. The van der Waals surface area contributed by atoms with Gasteiger partial charge >= 0.3 is 0 Å². The summed E-state index contributed by atoms with van der Waals surface area (Å²) in [6.45, 7) is 2.90. The van der Waals surface area contributed by atoms with Gasteiger partial charge in [-0.3, -0.25) is 0 Å². The zero-order chi connectivity index (χ0) is 16.3. The zero-order valence-corrected chi connectivity index (χ0v) is 14.1. The molecule has 2 rings (SSSR count). The minimum Gasteiger partial charge on any atom is -0.374 e. The lowest BCUT2D eigenvalue weighted by atomic mass is 9.82. The van der Waals surface area contributed by atoms with E-state index < -0.39 is 0 Å². The SMILES string of the molecule is CCC/C=C/C=C/COC1CCC(c2ccc(C#N)cc2)CC1. The number of benzene rings is 1. The number of unbranched alkanes of at least 4 members (excludes halogenated alkanes) is 1. The Morgan fingerprint density at radius 2 is 1.78 bits per heavy atom. The van der Waals surface area contributed by atoms with E-state index in [9.17, 15) is 0 Å². The van der Waals surface area contributed by atoms with E-state index in [1.54, 1.807) is 0 Å². The maximum Gasteiger partial charge on any atom is 0.0991 e. The quantitative estimate of drug-likeness (QED) is 0.622. The smallest absolute Gasteiger partial charge is 0.0991 e. The van der Waals surface area contributed by atoms with Crippen LogP contribution in [-0.4, -0.2) is 12.7 Å². The first-order valence-corrected chi connectivity index (χ1v) is 8.76. The number of ether oxygens (including phenoxy) is 1. The van der Waals surface area contributed by atoms with Gasteiger partial charge in [0.1, 0.15) is 0 Å². The summed E-state index contributed by atoms with van der Waals surface area (Å²) in [6.07, 6.45) is 15.8. The molecule has 0 amide bonds. The molecule has 1 aliphatic carbocycles. The summed E-state index contributed by atoms with van der Waals surface area (Å²) < 4.78 is 5.95. The second-order valence-electron chi connectivity index (χ2n) is 6.19. The first-order valence-electron chi connectivity index (χ1n) is 8.76. The number of nitriles is 1. The van der Waals surface area contributed by atoms with Gasteiger partial charge in [0.05, 0.1) is 24.3 Å². The molecular formula is C21H27NO. The molecule has 2 heteroatoms. The highest BCUT2D eigenvalue weighted by atomic mass is 16.5. The molecular weight excluding hydrogens is 282 g/mol. The Kier molecular flexibility index (Phi) is 7.63. The van der Waals surface area contributed by atoms with Crippen LogP contribution in [0, 0.1) is 11.3 Å². The van der Waals surface area contributed by atoms with Crippen molar-refractivity contribution in [2.45, 2.75) is 57.5 Å². The molecule has 23 heavy (non-hydrogen) atoms. The van der Waals surface area contributed by atoms with E-state index in [4.69, 9.17) is 10.00 Å². The highest BCUT2D eigenvalue weighted by Crippen LogP contribution is 2.34. The molecule has 0 saturated heterocycles. The molecule has 0 atom stereocenters. The molecule has 0 spiro atoms. The van der Waals surface area contributed by atoms with Gasteiger partial charge in [0.2, 0.25) is 0 Å². The van der Waals surface area contributed by atoms with Crippen molar-refractivity contribution in [2.24, 2.45) is 0 Å². The van der Waals surface area contributed by atoms with Crippen LogP contribution in [-0.2, 0) is 4.74 Å². The Bertz CT molecular complexity index is 542. The van der Waals surface area contributed by atoms with E-state index >= 15 is 0 Å². The van der Waals surface area contributed by atoms with E-state index in [0.29, 0.717) is 18.6 Å². The van der Waals surface area contributed by atoms with Gasteiger partial charge in [-0.15, -0.1) is 0 Å². The predicted octanol–water partition coefficient (Wildman–Crippen LogP) is 5.51. The van der Waals surface area contributed by atoms with Crippen LogP contribution in [0.15, 0.2) is 48.6 Å². The van der Waals surface area contributed by atoms with E-state index in [0.717, 1.165) is 24.8 Å². The van der Waals surface area contributed by atoms with Gasteiger partial charge in [0.25, 0.3) is 0 Å². The Labute approximate surface area is 140 Å². The summed E-state index contributed by atoms with van der Waals surface area (Å²) in [5.74, 6) is 0.620. The summed E-state index contributed by atoms with van der Waals surface area (Å²) in [4.78, 5) is 0. The van der Waals surface area contributed by atoms with Crippen molar-refractivity contribution in [3.63, 3.8) is 0 Å². The molecule has 0 N–H and O–H groups in total. The standard InChI is InChI=1S/C21H27NO/c1-2-3-4-5-6-7-16-23-21-14-12-20(13-15-21)19-10-8-18(17-22)9-11-19/h4-11,20-21H,2-3,12-16H2,1H3/b5-4+,7-6+. The average Bonchev–Trinajstić information content (AvgIpc) is 2.61. The summed E-state index contributed by atoms with van der Waals surface area (Å²) in [7, 11) is 0. The molecule has 0 heterocycles. The first kappa shape index (κ1) is 17.5. The van der Waals surface area contributed by atoms with Crippen molar-refractivity contribution in [3.05, 3.63) is 59.7 Å². The number of nitrogens with zero attached hydrogens (tertiary/aromatic N) is 1. The lowest BCUT2D eigenvalue weighted by molar-refractivity contribution is 0.0422. The van der Waals surface area contributed by atoms with Crippen LogP contribution in [0.5, 0.6) is 0 Å². The molecule has 1 fully saturated rings. The van der Waals surface area contributed by atoms with Crippen LogP contribution in [0.2, 0.25) is 0 Å². The molecule has 2 nitrogen and oxygen atoms in total. The molecule has 1 saturated carbocycles. The minimum absolute atomic E-state index is 0.397. The van der Waals surface area contributed by atoms with Crippen molar-refractivity contribution < 1.29 is 4.74 Å². The lowest BCUT2D eigenvalue weighted by Crippen LogP contribution is -2.20. The zero-order valence-electron chi connectivity index (χ0n) is 14.1. The van der Waals surface area contributed by atoms with Crippen LogP contribution in [0.3, 0.4) is 0 Å². The minimum atomic E-state index is 0.397. The van der Waals surface area contributed by atoms with E-state index in [-0.39, 0.29) is 0 Å². The number of rotatable bonds is 7. The molecule has 0 aromatic heterocycles. The predicted molar refractivity (Wildman–Crippen MR) is 95.3 cm³/mol. The summed E-state index contributed by atoms with van der Waals surface area (Å²) in [5, 5.41) is 8.86. The van der Waals surface area contributed by atoms with Crippen LogP contribution < -0.4 is 0 Å². The van der Waals surface area contributed by atoms with Crippen molar-refractivity contribution in [3.8, 4) is 6.07 Å². The molecule has 122 valence electrons. The highest BCUT2D eigenvalue weighted by Gasteiger charge is 2.22. The summed E-state index contributed by atoms with van der Waals surface area (Å²) >= 11 is 0. The van der Waals surface area contributed by atoms with Gasteiger partial charge in [-0.1, -0.05) is 49.8 Å². The van der Waals surface area contributed by atoms with E-state index in [2.05, 4.69) is 49.4 Å². The van der Waals surface area contributed by atoms with Crippen molar-refractivity contribution in [1.82, 2.24) is 0 Å². The van der Waals surface area contributed by atoms with Gasteiger partial charge in [-0.25, -0.2) is 0 Å². The third-order valence-corrected chi connectivity index (χ3v) is 4.45. The fourth-order valence-electron chi connectivity index (χ4n) is 3.06. The topological polar surface area (TPSA) is 33.0 Å². The van der Waals surface area contributed by atoms with Crippen LogP contribution >= 0.6 is 0 Å². The largest absolute Gasteiger partial charge is 0.374 e. The molecule has 0 radical (unpaired) electrons. The lowest BCUT2D eigenvalue weighted by Gasteiger charge is -2.28. The van der Waals surface area contributed by atoms with Crippen molar-refractivity contribution >= 4 is 0 Å². The fraction of sp³-hybridized carbons (Fsp3) is 0.476. The third kappa shape index (κ3) is 6.04. The Morgan fingerprint density at radius 3 is 2.43 bits per heavy atom. The van der Waals surface area contributed by atoms with Crippen LogP contribution in [0.25, 0.3) is 0 Å². The Hall–Kier alpha value is -1.85.